The number of anilines is 1. The van der Waals surface area contributed by atoms with Crippen LogP contribution in [0.3, 0.4) is 0 Å². The van der Waals surface area contributed by atoms with E-state index in [2.05, 4.69) is 9.88 Å². The zero-order valence-corrected chi connectivity index (χ0v) is 12.0. The summed E-state index contributed by atoms with van der Waals surface area (Å²) in [4.78, 5) is 17.5. The molecule has 2 heterocycles. The molecule has 1 saturated heterocycles. The van der Waals surface area contributed by atoms with Crippen molar-refractivity contribution in [2.45, 2.75) is 25.8 Å². The predicted molar refractivity (Wildman–Crippen MR) is 82.6 cm³/mol. The van der Waals surface area contributed by atoms with Crippen molar-refractivity contribution in [3.8, 4) is 0 Å². The number of benzene rings is 1. The highest BCUT2D eigenvalue weighted by Gasteiger charge is 2.22. The van der Waals surface area contributed by atoms with Gasteiger partial charge in [0.2, 0.25) is 0 Å². The van der Waals surface area contributed by atoms with E-state index >= 15 is 0 Å². The first-order valence-electron chi connectivity index (χ1n) is 7.11. The lowest BCUT2D eigenvalue weighted by Gasteiger charge is -2.32. The van der Waals surface area contributed by atoms with E-state index < -0.39 is 0 Å². The fraction of sp³-hybridized carbons (Fsp3) is 0.400. The van der Waals surface area contributed by atoms with Crippen LogP contribution < -0.4 is 10.6 Å². The highest BCUT2D eigenvalue weighted by Crippen LogP contribution is 2.34. The standard InChI is InChI=1S/C15H18N4O2/c1-10-2-3-13(19(20)21)12-4-7-17-15(14(10)12)18-8-5-11(16)6-9-18/h2-4,7,11H,5-6,8-9,16H2,1H3. The Labute approximate surface area is 122 Å². The second kappa shape index (κ2) is 5.29. The molecule has 6 nitrogen and oxygen atoms in total. The topological polar surface area (TPSA) is 85.3 Å². The van der Waals surface area contributed by atoms with Gasteiger partial charge in [-0.05, 0) is 31.4 Å². The van der Waals surface area contributed by atoms with Crippen LogP contribution in [0.25, 0.3) is 10.8 Å². The first-order chi connectivity index (χ1) is 10.1. The lowest BCUT2D eigenvalue weighted by Crippen LogP contribution is -2.40. The molecular weight excluding hydrogens is 268 g/mol. The van der Waals surface area contributed by atoms with E-state index in [1.165, 1.54) is 0 Å². The van der Waals surface area contributed by atoms with Gasteiger partial charge in [0.1, 0.15) is 5.82 Å². The Hall–Kier alpha value is -2.21. The predicted octanol–water partition coefficient (Wildman–Crippen LogP) is 2.38. The number of nitrogens with zero attached hydrogens (tertiary/aromatic N) is 3. The fourth-order valence-corrected chi connectivity index (χ4v) is 2.94. The Kier molecular flexibility index (Phi) is 3.47. The number of non-ortho nitro benzene ring substituents is 1. The third-order valence-electron chi connectivity index (χ3n) is 4.13. The number of pyridine rings is 1. The van der Waals surface area contributed by atoms with Crippen LogP contribution in [0.5, 0.6) is 0 Å². The fourth-order valence-electron chi connectivity index (χ4n) is 2.94. The number of hydrogen-bond donors (Lipinski definition) is 1. The van der Waals surface area contributed by atoms with Crippen LogP contribution in [0.15, 0.2) is 24.4 Å². The summed E-state index contributed by atoms with van der Waals surface area (Å²) in [6.45, 7) is 3.65. The molecule has 1 aromatic carbocycles. The van der Waals surface area contributed by atoms with E-state index in [1.807, 2.05) is 6.92 Å². The second-order valence-corrected chi connectivity index (χ2v) is 5.54. The number of piperidine rings is 1. The molecule has 0 bridgehead atoms. The van der Waals surface area contributed by atoms with Gasteiger partial charge in [0.05, 0.1) is 10.3 Å². The summed E-state index contributed by atoms with van der Waals surface area (Å²) >= 11 is 0. The minimum absolute atomic E-state index is 0.132. The lowest BCUT2D eigenvalue weighted by atomic mass is 10.0. The Morgan fingerprint density at radius 1 is 1.33 bits per heavy atom. The number of nitro groups is 1. The van der Waals surface area contributed by atoms with Crippen LogP contribution in [-0.4, -0.2) is 29.0 Å². The van der Waals surface area contributed by atoms with Crippen LogP contribution in [-0.2, 0) is 0 Å². The molecule has 2 aromatic rings. The van der Waals surface area contributed by atoms with Crippen molar-refractivity contribution in [2.24, 2.45) is 5.73 Å². The van der Waals surface area contributed by atoms with E-state index in [1.54, 1.807) is 24.4 Å². The van der Waals surface area contributed by atoms with Gasteiger partial charge in [-0.2, -0.15) is 0 Å². The number of rotatable bonds is 2. The highest BCUT2D eigenvalue weighted by molar-refractivity contribution is 6.00. The van der Waals surface area contributed by atoms with Gasteiger partial charge in [0.25, 0.3) is 5.69 Å². The number of nitrogens with two attached hydrogens (primary N) is 1. The molecule has 0 spiro atoms. The van der Waals surface area contributed by atoms with E-state index in [4.69, 9.17) is 5.73 Å². The van der Waals surface area contributed by atoms with Crippen molar-refractivity contribution < 1.29 is 4.92 Å². The SMILES string of the molecule is Cc1ccc([N+](=O)[O-])c2ccnc(N3CCC(N)CC3)c12. The van der Waals surface area contributed by atoms with Gasteiger partial charge in [0, 0.05) is 36.8 Å². The maximum Gasteiger partial charge on any atom is 0.277 e. The second-order valence-electron chi connectivity index (χ2n) is 5.54. The molecular formula is C15H18N4O2. The Balaban J connectivity index is 2.15. The maximum atomic E-state index is 11.2. The summed E-state index contributed by atoms with van der Waals surface area (Å²) in [7, 11) is 0. The molecule has 110 valence electrons. The first kappa shape index (κ1) is 13.8. The molecule has 0 unspecified atom stereocenters. The van der Waals surface area contributed by atoms with Gasteiger partial charge in [-0.25, -0.2) is 4.98 Å². The average Bonchev–Trinajstić information content (AvgIpc) is 2.47. The van der Waals surface area contributed by atoms with E-state index in [9.17, 15) is 10.1 Å². The number of nitro benzene ring substituents is 1. The Morgan fingerprint density at radius 3 is 2.71 bits per heavy atom. The molecule has 0 atom stereocenters. The monoisotopic (exact) mass is 286 g/mol. The highest BCUT2D eigenvalue weighted by atomic mass is 16.6. The van der Waals surface area contributed by atoms with Gasteiger partial charge in [-0.3, -0.25) is 10.1 Å². The quantitative estimate of drug-likeness (QED) is 0.676. The number of aromatic nitrogens is 1. The number of hydrogen-bond acceptors (Lipinski definition) is 5. The lowest BCUT2D eigenvalue weighted by molar-refractivity contribution is -0.383. The maximum absolute atomic E-state index is 11.2. The zero-order chi connectivity index (χ0) is 15.0. The van der Waals surface area contributed by atoms with Gasteiger partial charge < -0.3 is 10.6 Å². The van der Waals surface area contributed by atoms with E-state index in [-0.39, 0.29) is 16.7 Å². The van der Waals surface area contributed by atoms with Crippen LogP contribution in [0.2, 0.25) is 0 Å². The number of fused-ring (bicyclic) bond motifs is 1. The van der Waals surface area contributed by atoms with Crippen LogP contribution >= 0.6 is 0 Å². The summed E-state index contributed by atoms with van der Waals surface area (Å²) in [5.74, 6) is 0.834. The average molecular weight is 286 g/mol. The largest absolute Gasteiger partial charge is 0.356 e. The summed E-state index contributed by atoms with van der Waals surface area (Å²) in [5.41, 5.74) is 7.09. The van der Waals surface area contributed by atoms with Crippen LogP contribution in [0.4, 0.5) is 11.5 Å². The van der Waals surface area contributed by atoms with Crippen LogP contribution in [0, 0.1) is 17.0 Å². The molecule has 1 fully saturated rings. The van der Waals surface area contributed by atoms with Crippen molar-refractivity contribution in [3.63, 3.8) is 0 Å². The van der Waals surface area contributed by atoms with E-state index in [0.717, 1.165) is 42.7 Å². The van der Waals surface area contributed by atoms with Gasteiger partial charge in [-0.1, -0.05) is 6.07 Å². The minimum atomic E-state index is -0.336. The van der Waals surface area contributed by atoms with Gasteiger partial charge >= 0.3 is 0 Å². The van der Waals surface area contributed by atoms with Crippen molar-refractivity contribution in [1.82, 2.24) is 4.98 Å². The molecule has 1 aliphatic heterocycles. The molecule has 1 aromatic heterocycles. The smallest absolute Gasteiger partial charge is 0.277 e. The third-order valence-corrected chi connectivity index (χ3v) is 4.13. The third kappa shape index (κ3) is 2.42. The molecule has 6 heteroatoms. The molecule has 0 amide bonds. The molecule has 21 heavy (non-hydrogen) atoms. The van der Waals surface area contributed by atoms with Gasteiger partial charge in [-0.15, -0.1) is 0 Å². The summed E-state index contributed by atoms with van der Waals surface area (Å²) in [5, 5.41) is 12.7. The first-order valence-corrected chi connectivity index (χ1v) is 7.11. The molecule has 0 radical (unpaired) electrons. The zero-order valence-electron chi connectivity index (χ0n) is 12.0. The minimum Gasteiger partial charge on any atom is -0.356 e. The Bertz CT molecular complexity index is 693. The molecule has 0 aliphatic carbocycles. The molecule has 3 rings (SSSR count). The van der Waals surface area contributed by atoms with Crippen molar-refractivity contribution in [3.05, 3.63) is 40.1 Å². The van der Waals surface area contributed by atoms with Crippen molar-refractivity contribution in [1.29, 1.82) is 0 Å². The van der Waals surface area contributed by atoms with Crippen molar-refractivity contribution in [2.75, 3.05) is 18.0 Å². The summed E-state index contributed by atoms with van der Waals surface area (Å²) in [6.07, 6.45) is 3.50. The van der Waals surface area contributed by atoms with E-state index in [0.29, 0.717) is 5.39 Å². The van der Waals surface area contributed by atoms with Crippen LogP contribution in [0.1, 0.15) is 18.4 Å². The molecule has 1 aliphatic rings. The normalized spacial score (nSPS) is 16.4. The Morgan fingerprint density at radius 2 is 2.05 bits per heavy atom. The summed E-state index contributed by atoms with van der Waals surface area (Å²) in [6, 6.07) is 5.32. The van der Waals surface area contributed by atoms with Gasteiger partial charge in [0.15, 0.2) is 0 Å². The molecule has 2 N–H and O–H groups in total. The number of aryl methyl sites for hydroxylation is 1. The summed E-state index contributed by atoms with van der Waals surface area (Å²) < 4.78 is 0. The van der Waals surface area contributed by atoms with Crippen molar-refractivity contribution >= 4 is 22.3 Å². The molecule has 0 saturated carbocycles.